The lowest BCUT2D eigenvalue weighted by Crippen LogP contribution is -2.30. The molecule has 0 heterocycles. The normalized spacial score (nSPS) is 22.2. The third-order valence-electron chi connectivity index (χ3n) is 3.78. The zero-order valence-corrected chi connectivity index (χ0v) is 11.1. The number of nitrogens with zero attached hydrogens (tertiary/aromatic N) is 1. The number of nitro benzene ring substituents is 1. The van der Waals surface area contributed by atoms with Gasteiger partial charge in [0.1, 0.15) is 12.0 Å². The van der Waals surface area contributed by atoms with Crippen molar-refractivity contribution in [2.45, 2.75) is 31.8 Å². The molecule has 2 rings (SSSR count). The van der Waals surface area contributed by atoms with Gasteiger partial charge in [-0.05, 0) is 25.0 Å². The summed E-state index contributed by atoms with van der Waals surface area (Å²) in [7, 11) is 0. The average molecular weight is 278 g/mol. The van der Waals surface area contributed by atoms with Crippen LogP contribution in [-0.4, -0.2) is 29.0 Å². The van der Waals surface area contributed by atoms with E-state index in [0.29, 0.717) is 18.5 Å². The van der Waals surface area contributed by atoms with E-state index in [4.69, 9.17) is 0 Å². The predicted octanol–water partition coefficient (Wildman–Crippen LogP) is 2.37. The summed E-state index contributed by atoms with van der Waals surface area (Å²) >= 11 is 0. The van der Waals surface area contributed by atoms with Crippen LogP contribution in [0.4, 0.5) is 11.4 Å². The number of nitrogens with one attached hydrogen (secondary N) is 1. The lowest BCUT2D eigenvalue weighted by atomic mass is 9.86. The summed E-state index contributed by atoms with van der Waals surface area (Å²) in [5, 5.41) is 23.9. The Balaban J connectivity index is 2.08. The van der Waals surface area contributed by atoms with E-state index in [0.717, 1.165) is 25.7 Å². The number of nitro groups is 1. The molecule has 0 amide bonds. The minimum Gasteiger partial charge on any atom is -0.393 e. The van der Waals surface area contributed by atoms with Gasteiger partial charge in [-0.3, -0.25) is 14.9 Å². The molecule has 1 saturated carbocycles. The van der Waals surface area contributed by atoms with Gasteiger partial charge in [-0.1, -0.05) is 12.8 Å². The zero-order chi connectivity index (χ0) is 14.5. The Morgan fingerprint density at radius 2 is 2.15 bits per heavy atom. The summed E-state index contributed by atoms with van der Waals surface area (Å²) in [6, 6.07) is 4.34. The van der Waals surface area contributed by atoms with E-state index in [2.05, 4.69) is 5.32 Å². The molecule has 1 aliphatic rings. The van der Waals surface area contributed by atoms with E-state index in [1.807, 2.05) is 0 Å². The monoisotopic (exact) mass is 278 g/mol. The molecular weight excluding hydrogens is 260 g/mol. The molecule has 20 heavy (non-hydrogen) atoms. The fraction of sp³-hybridized carbons (Fsp3) is 0.500. The molecule has 108 valence electrons. The first kappa shape index (κ1) is 14.5. The second-order valence-corrected chi connectivity index (χ2v) is 5.14. The van der Waals surface area contributed by atoms with Gasteiger partial charge in [0.2, 0.25) is 0 Å². The van der Waals surface area contributed by atoms with Crippen molar-refractivity contribution in [3.8, 4) is 0 Å². The molecule has 1 aromatic rings. The highest BCUT2D eigenvalue weighted by Crippen LogP contribution is 2.28. The molecular formula is C14H18N2O4. The number of hydrogen-bond donors (Lipinski definition) is 2. The topological polar surface area (TPSA) is 92.5 Å². The van der Waals surface area contributed by atoms with Gasteiger partial charge in [-0.25, -0.2) is 0 Å². The van der Waals surface area contributed by atoms with Crippen molar-refractivity contribution in [3.63, 3.8) is 0 Å². The summed E-state index contributed by atoms with van der Waals surface area (Å²) in [5.41, 5.74) is 0.554. The summed E-state index contributed by atoms with van der Waals surface area (Å²) in [5.74, 6) is 0.120. The molecule has 2 atom stereocenters. The molecule has 1 aliphatic carbocycles. The molecule has 0 aromatic heterocycles. The maximum absolute atomic E-state index is 11.0. The van der Waals surface area contributed by atoms with Crippen molar-refractivity contribution >= 4 is 17.7 Å². The Morgan fingerprint density at radius 1 is 1.40 bits per heavy atom. The van der Waals surface area contributed by atoms with Crippen LogP contribution < -0.4 is 5.32 Å². The lowest BCUT2D eigenvalue weighted by Gasteiger charge is -2.27. The number of benzene rings is 1. The molecule has 2 unspecified atom stereocenters. The first-order chi connectivity index (χ1) is 9.61. The third kappa shape index (κ3) is 3.33. The Labute approximate surface area is 117 Å². The highest BCUT2D eigenvalue weighted by atomic mass is 16.6. The summed E-state index contributed by atoms with van der Waals surface area (Å²) in [6.45, 7) is 0.502. The maximum Gasteiger partial charge on any atom is 0.293 e. The highest BCUT2D eigenvalue weighted by Gasteiger charge is 2.23. The molecule has 0 bridgehead atoms. The Morgan fingerprint density at radius 3 is 2.80 bits per heavy atom. The summed E-state index contributed by atoms with van der Waals surface area (Å²) < 4.78 is 0. The highest BCUT2D eigenvalue weighted by molar-refractivity contribution is 5.79. The molecule has 6 nitrogen and oxygen atoms in total. The first-order valence-electron chi connectivity index (χ1n) is 6.77. The van der Waals surface area contributed by atoms with E-state index in [9.17, 15) is 20.0 Å². The second-order valence-electron chi connectivity index (χ2n) is 5.14. The van der Waals surface area contributed by atoms with Gasteiger partial charge in [0.05, 0.1) is 11.0 Å². The number of anilines is 1. The maximum atomic E-state index is 11.0. The number of carbonyl (C=O) groups excluding carboxylic acids is 1. The van der Waals surface area contributed by atoms with Crippen molar-refractivity contribution in [2.24, 2.45) is 5.92 Å². The van der Waals surface area contributed by atoms with Crippen LogP contribution in [0.1, 0.15) is 36.0 Å². The van der Waals surface area contributed by atoms with Crippen molar-refractivity contribution in [2.75, 3.05) is 11.9 Å². The van der Waals surface area contributed by atoms with Crippen LogP contribution in [0.5, 0.6) is 0 Å². The zero-order valence-electron chi connectivity index (χ0n) is 11.1. The molecule has 0 radical (unpaired) electrons. The smallest absolute Gasteiger partial charge is 0.293 e. The van der Waals surface area contributed by atoms with Gasteiger partial charge in [0.15, 0.2) is 0 Å². The predicted molar refractivity (Wildman–Crippen MR) is 74.9 cm³/mol. The Hall–Kier alpha value is -1.95. The van der Waals surface area contributed by atoms with Crippen LogP contribution in [0.25, 0.3) is 0 Å². The molecule has 1 aromatic carbocycles. The van der Waals surface area contributed by atoms with Gasteiger partial charge in [0.25, 0.3) is 5.69 Å². The van der Waals surface area contributed by atoms with Crippen molar-refractivity contribution < 1.29 is 14.8 Å². The number of aliphatic hydroxyl groups is 1. The van der Waals surface area contributed by atoms with Crippen molar-refractivity contribution in [1.29, 1.82) is 0 Å². The summed E-state index contributed by atoms with van der Waals surface area (Å²) in [4.78, 5) is 21.2. The SMILES string of the molecule is O=Cc1ccc(NCC2CCCCC2O)c([N+](=O)[O-])c1. The standard InChI is InChI=1S/C14H18N2O4/c17-9-10-5-6-12(13(7-10)16(19)20)15-8-11-3-1-2-4-14(11)18/h5-7,9,11,14-15,18H,1-4,8H2. The van der Waals surface area contributed by atoms with Crippen LogP contribution in [0.15, 0.2) is 18.2 Å². The fourth-order valence-corrected chi connectivity index (χ4v) is 2.59. The number of carbonyl (C=O) groups is 1. The van der Waals surface area contributed by atoms with Gasteiger partial charge < -0.3 is 10.4 Å². The van der Waals surface area contributed by atoms with Gasteiger partial charge in [0, 0.05) is 24.1 Å². The largest absolute Gasteiger partial charge is 0.393 e. The minimum absolute atomic E-state index is 0.111. The molecule has 1 fully saturated rings. The number of aldehydes is 1. The van der Waals surface area contributed by atoms with E-state index in [-0.39, 0.29) is 23.3 Å². The third-order valence-corrected chi connectivity index (χ3v) is 3.78. The van der Waals surface area contributed by atoms with Crippen LogP contribution in [-0.2, 0) is 0 Å². The number of aliphatic hydroxyl groups excluding tert-OH is 1. The van der Waals surface area contributed by atoms with E-state index >= 15 is 0 Å². The molecule has 0 saturated heterocycles. The molecule has 0 spiro atoms. The van der Waals surface area contributed by atoms with Crippen LogP contribution >= 0.6 is 0 Å². The summed E-state index contributed by atoms with van der Waals surface area (Å²) in [6.07, 6.45) is 4.07. The second kappa shape index (κ2) is 6.47. The van der Waals surface area contributed by atoms with Crippen LogP contribution in [0.3, 0.4) is 0 Å². The van der Waals surface area contributed by atoms with E-state index in [1.165, 1.54) is 12.1 Å². The van der Waals surface area contributed by atoms with Gasteiger partial charge in [-0.2, -0.15) is 0 Å². The molecule has 2 N–H and O–H groups in total. The first-order valence-corrected chi connectivity index (χ1v) is 6.77. The van der Waals surface area contributed by atoms with Crippen molar-refractivity contribution in [3.05, 3.63) is 33.9 Å². The minimum atomic E-state index is -0.507. The van der Waals surface area contributed by atoms with E-state index < -0.39 is 4.92 Å². The molecule has 6 heteroatoms. The van der Waals surface area contributed by atoms with Gasteiger partial charge in [-0.15, -0.1) is 0 Å². The van der Waals surface area contributed by atoms with Gasteiger partial charge >= 0.3 is 0 Å². The lowest BCUT2D eigenvalue weighted by molar-refractivity contribution is -0.384. The Kier molecular flexibility index (Phi) is 4.68. The average Bonchev–Trinajstić information content (AvgIpc) is 2.46. The van der Waals surface area contributed by atoms with Crippen LogP contribution in [0.2, 0.25) is 0 Å². The molecule has 0 aliphatic heterocycles. The van der Waals surface area contributed by atoms with E-state index in [1.54, 1.807) is 6.07 Å². The van der Waals surface area contributed by atoms with Crippen LogP contribution in [0, 0.1) is 16.0 Å². The Bertz CT molecular complexity index is 504. The van der Waals surface area contributed by atoms with Crippen molar-refractivity contribution in [1.82, 2.24) is 0 Å². The number of hydrogen-bond acceptors (Lipinski definition) is 5. The fourth-order valence-electron chi connectivity index (χ4n) is 2.59. The number of rotatable bonds is 5. The quantitative estimate of drug-likeness (QED) is 0.490.